The number of rotatable bonds is 3. The SMILES string of the molecule is CC(C)(C)OC(=O)NC1CCN(C(=O)Cc2cc(F)c(Br)cc2F)CC1. The number of benzene rings is 1. The zero-order valence-electron chi connectivity index (χ0n) is 15.1. The van der Waals surface area contributed by atoms with E-state index in [2.05, 4.69) is 21.2 Å². The fraction of sp³-hybridized carbons (Fsp3) is 0.556. The summed E-state index contributed by atoms with van der Waals surface area (Å²) < 4.78 is 32.7. The summed E-state index contributed by atoms with van der Waals surface area (Å²) in [5, 5.41) is 2.79. The second-order valence-electron chi connectivity index (χ2n) is 7.34. The molecule has 5 nitrogen and oxygen atoms in total. The fourth-order valence-corrected chi connectivity index (χ4v) is 3.04. The van der Waals surface area contributed by atoms with Crippen molar-refractivity contribution in [3.63, 3.8) is 0 Å². The minimum atomic E-state index is -0.617. The Morgan fingerprint density at radius 2 is 1.85 bits per heavy atom. The maximum atomic E-state index is 13.9. The molecule has 2 amide bonds. The monoisotopic (exact) mass is 432 g/mol. The van der Waals surface area contributed by atoms with Crippen LogP contribution in [-0.2, 0) is 16.0 Å². The molecule has 1 aliphatic heterocycles. The van der Waals surface area contributed by atoms with Crippen molar-refractivity contribution < 1.29 is 23.1 Å². The minimum Gasteiger partial charge on any atom is -0.444 e. The Kier molecular flexibility index (Phi) is 6.60. The minimum absolute atomic E-state index is 0.0280. The van der Waals surface area contributed by atoms with Crippen LogP contribution in [-0.4, -0.2) is 41.6 Å². The maximum absolute atomic E-state index is 13.9. The maximum Gasteiger partial charge on any atom is 0.407 e. The van der Waals surface area contributed by atoms with Gasteiger partial charge in [-0.15, -0.1) is 0 Å². The molecule has 0 saturated carbocycles. The van der Waals surface area contributed by atoms with Gasteiger partial charge in [0.05, 0.1) is 10.9 Å². The number of carbonyl (C=O) groups excluding carboxylic acids is 2. The van der Waals surface area contributed by atoms with Crippen LogP contribution < -0.4 is 5.32 Å². The number of nitrogens with zero attached hydrogens (tertiary/aromatic N) is 1. The van der Waals surface area contributed by atoms with E-state index in [-0.39, 0.29) is 28.4 Å². The molecule has 0 spiro atoms. The fourth-order valence-electron chi connectivity index (χ4n) is 2.72. The molecule has 1 aromatic carbocycles. The summed E-state index contributed by atoms with van der Waals surface area (Å²) in [4.78, 5) is 25.7. The molecule has 1 saturated heterocycles. The van der Waals surface area contributed by atoms with E-state index in [1.165, 1.54) is 0 Å². The first-order valence-corrected chi connectivity index (χ1v) is 9.25. The molecule has 0 unspecified atom stereocenters. The highest BCUT2D eigenvalue weighted by molar-refractivity contribution is 9.10. The Bertz CT molecular complexity index is 684. The molecule has 0 bridgehead atoms. The highest BCUT2D eigenvalue weighted by Gasteiger charge is 2.26. The molecule has 0 atom stereocenters. The molecule has 0 radical (unpaired) electrons. The molecule has 1 fully saturated rings. The van der Waals surface area contributed by atoms with Crippen molar-refractivity contribution in [2.45, 2.75) is 51.7 Å². The van der Waals surface area contributed by atoms with Crippen molar-refractivity contribution in [3.05, 3.63) is 33.8 Å². The molecular weight excluding hydrogens is 410 g/mol. The van der Waals surface area contributed by atoms with Crippen LogP contribution in [0.15, 0.2) is 16.6 Å². The van der Waals surface area contributed by atoms with Crippen LogP contribution in [0.5, 0.6) is 0 Å². The van der Waals surface area contributed by atoms with E-state index in [4.69, 9.17) is 4.74 Å². The topological polar surface area (TPSA) is 58.6 Å². The largest absolute Gasteiger partial charge is 0.444 e. The quantitative estimate of drug-likeness (QED) is 0.739. The summed E-state index contributed by atoms with van der Waals surface area (Å²) in [6.45, 7) is 6.26. The molecule has 1 heterocycles. The number of hydrogen-bond acceptors (Lipinski definition) is 3. The van der Waals surface area contributed by atoms with Gasteiger partial charge in [-0.1, -0.05) is 0 Å². The van der Waals surface area contributed by atoms with Gasteiger partial charge >= 0.3 is 6.09 Å². The predicted molar refractivity (Wildman–Crippen MR) is 96.7 cm³/mol. The smallest absolute Gasteiger partial charge is 0.407 e. The number of hydrogen-bond donors (Lipinski definition) is 1. The zero-order chi connectivity index (χ0) is 19.5. The van der Waals surface area contributed by atoms with Gasteiger partial charge in [-0.25, -0.2) is 13.6 Å². The normalized spacial score (nSPS) is 15.7. The van der Waals surface area contributed by atoms with E-state index < -0.39 is 23.3 Å². The van der Waals surface area contributed by atoms with Crippen molar-refractivity contribution in [1.82, 2.24) is 10.2 Å². The van der Waals surface area contributed by atoms with Gasteiger partial charge in [0.2, 0.25) is 5.91 Å². The molecule has 1 aliphatic rings. The first kappa shape index (κ1) is 20.6. The van der Waals surface area contributed by atoms with E-state index in [9.17, 15) is 18.4 Å². The first-order chi connectivity index (χ1) is 12.0. The van der Waals surface area contributed by atoms with Crippen LogP contribution in [0, 0.1) is 11.6 Å². The average molecular weight is 433 g/mol. The number of nitrogens with one attached hydrogen (secondary N) is 1. The Hall–Kier alpha value is -1.70. The lowest BCUT2D eigenvalue weighted by atomic mass is 10.0. The van der Waals surface area contributed by atoms with Gasteiger partial charge in [0.25, 0.3) is 0 Å². The van der Waals surface area contributed by atoms with Gasteiger partial charge in [0.1, 0.15) is 17.2 Å². The molecule has 0 aliphatic carbocycles. The Balaban J connectivity index is 1.85. The second-order valence-corrected chi connectivity index (χ2v) is 8.19. The van der Waals surface area contributed by atoms with Crippen LogP contribution >= 0.6 is 15.9 Å². The molecule has 144 valence electrons. The predicted octanol–water partition coefficient (Wildman–Crippen LogP) is 3.79. The number of amides is 2. The standard InChI is InChI=1S/C18H23BrF2N2O3/c1-18(2,3)26-17(25)22-12-4-6-23(7-5-12)16(24)9-11-8-15(21)13(19)10-14(11)20/h8,10,12H,4-7,9H2,1-3H3,(H,22,25). The molecule has 8 heteroatoms. The first-order valence-electron chi connectivity index (χ1n) is 8.46. The summed E-state index contributed by atoms with van der Waals surface area (Å²) in [7, 11) is 0. The number of carbonyl (C=O) groups is 2. The van der Waals surface area contributed by atoms with E-state index in [0.29, 0.717) is 25.9 Å². The van der Waals surface area contributed by atoms with Crippen LogP contribution in [0.3, 0.4) is 0 Å². The lowest BCUT2D eigenvalue weighted by Gasteiger charge is -2.33. The lowest BCUT2D eigenvalue weighted by Crippen LogP contribution is -2.48. The Morgan fingerprint density at radius 3 is 2.42 bits per heavy atom. The lowest BCUT2D eigenvalue weighted by molar-refractivity contribution is -0.131. The molecule has 1 aromatic rings. The zero-order valence-corrected chi connectivity index (χ0v) is 16.7. The van der Waals surface area contributed by atoms with Crippen LogP contribution in [0.4, 0.5) is 13.6 Å². The molecule has 26 heavy (non-hydrogen) atoms. The summed E-state index contributed by atoms with van der Waals surface area (Å²) in [6, 6.07) is 1.99. The second kappa shape index (κ2) is 8.33. The summed E-state index contributed by atoms with van der Waals surface area (Å²) in [6.07, 6.45) is 0.500. The van der Waals surface area contributed by atoms with E-state index >= 15 is 0 Å². The van der Waals surface area contributed by atoms with Crippen molar-refractivity contribution >= 4 is 27.9 Å². The third kappa shape index (κ3) is 5.93. The van der Waals surface area contributed by atoms with Gasteiger partial charge in [0, 0.05) is 24.7 Å². The van der Waals surface area contributed by atoms with Gasteiger partial charge in [-0.2, -0.15) is 0 Å². The van der Waals surface area contributed by atoms with Gasteiger partial charge in [0.15, 0.2) is 0 Å². The summed E-state index contributed by atoms with van der Waals surface area (Å²) >= 11 is 2.91. The van der Waals surface area contributed by atoms with Gasteiger partial charge < -0.3 is 15.0 Å². The third-order valence-electron chi connectivity index (χ3n) is 4.00. The van der Waals surface area contributed by atoms with E-state index in [1.54, 1.807) is 25.7 Å². The van der Waals surface area contributed by atoms with Crippen LogP contribution in [0.25, 0.3) is 0 Å². The summed E-state index contributed by atoms with van der Waals surface area (Å²) in [5.74, 6) is -1.48. The number of likely N-dealkylation sites (tertiary alicyclic amines) is 1. The van der Waals surface area contributed by atoms with Crippen molar-refractivity contribution in [2.24, 2.45) is 0 Å². The van der Waals surface area contributed by atoms with Crippen LogP contribution in [0.2, 0.25) is 0 Å². The molecule has 1 N–H and O–H groups in total. The molecule has 2 rings (SSSR count). The van der Waals surface area contributed by atoms with Crippen molar-refractivity contribution in [3.8, 4) is 0 Å². The molecule has 0 aromatic heterocycles. The van der Waals surface area contributed by atoms with E-state index in [0.717, 1.165) is 12.1 Å². The number of piperidine rings is 1. The molecular formula is C18H23BrF2N2O3. The number of ether oxygens (including phenoxy) is 1. The van der Waals surface area contributed by atoms with Gasteiger partial charge in [-0.3, -0.25) is 4.79 Å². The van der Waals surface area contributed by atoms with Crippen molar-refractivity contribution in [1.29, 1.82) is 0 Å². The number of alkyl carbamates (subject to hydrolysis) is 1. The Morgan fingerprint density at radius 1 is 1.23 bits per heavy atom. The summed E-state index contributed by atoms with van der Waals surface area (Å²) in [5.41, 5.74) is -0.533. The third-order valence-corrected chi connectivity index (χ3v) is 4.61. The average Bonchev–Trinajstić information content (AvgIpc) is 2.51. The highest BCUT2D eigenvalue weighted by Crippen LogP contribution is 2.21. The van der Waals surface area contributed by atoms with E-state index in [1.807, 2.05) is 0 Å². The Labute approximate surface area is 160 Å². The number of halogens is 3. The van der Waals surface area contributed by atoms with Crippen LogP contribution in [0.1, 0.15) is 39.2 Å². The highest BCUT2D eigenvalue weighted by atomic mass is 79.9. The van der Waals surface area contributed by atoms with Crippen molar-refractivity contribution in [2.75, 3.05) is 13.1 Å². The van der Waals surface area contributed by atoms with Gasteiger partial charge in [-0.05, 0) is 61.7 Å².